The summed E-state index contributed by atoms with van der Waals surface area (Å²) in [5.41, 5.74) is 0. The van der Waals surface area contributed by atoms with Crippen molar-refractivity contribution in [1.29, 1.82) is 0 Å². The van der Waals surface area contributed by atoms with Crippen LogP contribution in [0.25, 0.3) is 0 Å². The van der Waals surface area contributed by atoms with Crippen LogP contribution in [0.1, 0.15) is 6.42 Å². The monoisotopic (exact) mass is 176 g/mol. The van der Waals surface area contributed by atoms with Gasteiger partial charge in [0, 0.05) is 6.42 Å². The van der Waals surface area contributed by atoms with Crippen molar-refractivity contribution < 1.29 is 9.53 Å². The molecule has 1 rings (SSSR count). The minimum absolute atomic E-state index is 0.456. The molecule has 0 saturated carbocycles. The van der Waals surface area contributed by atoms with Gasteiger partial charge in [0.05, 0.1) is 0 Å². The molecule has 2 nitrogen and oxygen atoms in total. The fourth-order valence-corrected chi connectivity index (χ4v) is 0.881. The van der Waals surface area contributed by atoms with Crippen molar-refractivity contribution in [2.45, 2.75) is 6.42 Å². The van der Waals surface area contributed by atoms with E-state index in [1.165, 1.54) is 0 Å². The zero-order valence-electron chi connectivity index (χ0n) is 7.35. The Kier molecular flexibility index (Phi) is 4.39. The van der Waals surface area contributed by atoms with Crippen LogP contribution in [0.2, 0.25) is 0 Å². The number of rotatable bonds is 5. The van der Waals surface area contributed by atoms with Crippen LogP contribution in [0.3, 0.4) is 0 Å². The van der Waals surface area contributed by atoms with Crippen molar-refractivity contribution in [2.24, 2.45) is 0 Å². The number of carbonyl (C=O) groups excluding carboxylic acids is 1. The third kappa shape index (κ3) is 4.11. The molecule has 0 aromatic heterocycles. The van der Waals surface area contributed by atoms with E-state index >= 15 is 0 Å². The van der Waals surface area contributed by atoms with E-state index in [2.05, 4.69) is 0 Å². The Morgan fingerprint density at radius 3 is 2.62 bits per heavy atom. The van der Waals surface area contributed by atoms with Gasteiger partial charge >= 0.3 is 0 Å². The molecule has 0 aliphatic heterocycles. The average molecular weight is 176 g/mol. The highest BCUT2D eigenvalue weighted by Crippen LogP contribution is 2.07. The molecule has 0 amide bonds. The molecule has 0 atom stereocenters. The van der Waals surface area contributed by atoms with Crippen LogP contribution in [-0.2, 0) is 4.79 Å². The summed E-state index contributed by atoms with van der Waals surface area (Å²) in [6.45, 7) is 0.512. The van der Waals surface area contributed by atoms with Gasteiger partial charge in [-0.05, 0) is 12.1 Å². The fraction of sp³-hybridized carbons (Fsp3) is 0.182. The highest BCUT2D eigenvalue weighted by atomic mass is 16.5. The highest BCUT2D eigenvalue weighted by Gasteiger charge is 1.86. The first kappa shape index (κ1) is 9.52. The van der Waals surface area contributed by atoms with Crippen LogP contribution in [0.4, 0.5) is 0 Å². The Balaban J connectivity index is 2.24. The van der Waals surface area contributed by atoms with Gasteiger partial charge in [0.2, 0.25) is 0 Å². The molecule has 0 spiro atoms. The normalized spacial score (nSPS) is 10.2. The highest BCUT2D eigenvalue weighted by molar-refractivity contribution is 5.51. The molecular formula is C11H12O2. The van der Waals surface area contributed by atoms with Gasteiger partial charge < -0.3 is 9.53 Å². The molecule has 0 heterocycles. The number of benzene rings is 1. The first-order valence-electron chi connectivity index (χ1n) is 4.20. The molecule has 0 fully saturated rings. The number of aldehydes is 1. The minimum atomic E-state index is 0.456. The van der Waals surface area contributed by atoms with Crippen molar-refractivity contribution in [3.63, 3.8) is 0 Å². The summed E-state index contributed by atoms with van der Waals surface area (Å²) in [7, 11) is 0. The third-order valence-corrected chi connectivity index (χ3v) is 1.49. The number of carbonyl (C=O) groups is 1. The molecule has 0 aliphatic carbocycles. The zero-order chi connectivity index (χ0) is 9.36. The number of para-hydroxylation sites is 1. The molecule has 0 aliphatic rings. The summed E-state index contributed by atoms with van der Waals surface area (Å²) < 4.78 is 5.35. The zero-order valence-corrected chi connectivity index (χ0v) is 7.35. The van der Waals surface area contributed by atoms with Crippen molar-refractivity contribution in [3.05, 3.63) is 42.5 Å². The van der Waals surface area contributed by atoms with E-state index in [0.29, 0.717) is 13.0 Å². The lowest BCUT2D eigenvalue weighted by atomic mass is 10.3. The van der Waals surface area contributed by atoms with E-state index in [4.69, 9.17) is 4.74 Å². The molecule has 0 radical (unpaired) electrons. The van der Waals surface area contributed by atoms with Gasteiger partial charge in [-0.2, -0.15) is 0 Å². The molecule has 68 valence electrons. The Morgan fingerprint density at radius 1 is 1.15 bits per heavy atom. The van der Waals surface area contributed by atoms with Crippen molar-refractivity contribution >= 4 is 6.29 Å². The topological polar surface area (TPSA) is 26.3 Å². The van der Waals surface area contributed by atoms with E-state index < -0.39 is 0 Å². The van der Waals surface area contributed by atoms with E-state index in [1.54, 1.807) is 6.08 Å². The average Bonchev–Trinajstić information content (AvgIpc) is 2.19. The smallest absolute Gasteiger partial charge is 0.123 e. The molecule has 0 saturated heterocycles. The van der Waals surface area contributed by atoms with Crippen LogP contribution in [0.15, 0.2) is 42.5 Å². The Bertz CT molecular complexity index is 265. The van der Waals surface area contributed by atoms with E-state index in [9.17, 15) is 4.79 Å². The van der Waals surface area contributed by atoms with Crippen LogP contribution in [-0.4, -0.2) is 12.9 Å². The lowest BCUT2D eigenvalue weighted by molar-refractivity contribution is -0.107. The fourth-order valence-electron chi connectivity index (χ4n) is 0.881. The van der Waals surface area contributed by atoms with Gasteiger partial charge in [0.25, 0.3) is 0 Å². The predicted octanol–water partition coefficient (Wildman–Crippen LogP) is 2.21. The molecule has 2 heteroatoms. The number of allylic oxidation sites excluding steroid dienone is 1. The second-order valence-corrected chi connectivity index (χ2v) is 2.50. The number of hydrogen-bond donors (Lipinski definition) is 0. The van der Waals surface area contributed by atoms with E-state index in [-0.39, 0.29) is 0 Å². The lowest BCUT2D eigenvalue weighted by Gasteiger charge is -2.00. The molecular weight excluding hydrogens is 164 g/mol. The summed E-state index contributed by atoms with van der Waals surface area (Å²) in [6.07, 6.45) is 4.94. The van der Waals surface area contributed by atoms with Crippen LogP contribution in [0, 0.1) is 0 Å². The van der Waals surface area contributed by atoms with E-state index in [1.807, 2.05) is 36.4 Å². The first-order valence-corrected chi connectivity index (χ1v) is 4.20. The summed E-state index contributed by atoms with van der Waals surface area (Å²) in [5.74, 6) is 0.846. The second kappa shape index (κ2) is 6.00. The van der Waals surface area contributed by atoms with Crippen LogP contribution in [0.5, 0.6) is 5.75 Å². The standard InChI is InChI=1S/C11H12O2/c12-9-5-2-6-10-13-11-7-3-1-4-8-11/h1-4,6-9H,5,10H2/b6-2-. The number of ether oxygens (including phenoxy) is 1. The Morgan fingerprint density at radius 2 is 1.92 bits per heavy atom. The second-order valence-electron chi connectivity index (χ2n) is 2.50. The molecule has 0 bridgehead atoms. The van der Waals surface area contributed by atoms with Crippen LogP contribution >= 0.6 is 0 Å². The first-order chi connectivity index (χ1) is 6.43. The third-order valence-electron chi connectivity index (χ3n) is 1.49. The summed E-state index contributed by atoms with van der Waals surface area (Å²) in [6, 6.07) is 9.57. The lowest BCUT2D eigenvalue weighted by Crippen LogP contribution is -1.92. The summed E-state index contributed by atoms with van der Waals surface area (Å²) in [4.78, 5) is 9.95. The van der Waals surface area contributed by atoms with Gasteiger partial charge in [-0.25, -0.2) is 0 Å². The maximum Gasteiger partial charge on any atom is 0.123 e. The van der Waals surface area contributed by atoms with Gasteiger partial charge in [0.1, 0.15) is 18.6 Å². The molecule has 0 N–H and O–H groups in total. The minimum Gasteiger partial charge on any atom is -0.490 e. The van der Waals surface area contributed by atoms with Gasteiger partial charge in [-0.15, -0.1) is 0 Å². The predicted molar refractivity (Wildman–Crippen MR) is 51.8 cm³/mol. The summed E-state index contributed by atoms with van der Waals surface area (Å²) in [5, 5.41) is 0. The molecule has 1 aromatic rings. The maximum atomic E-state index is 9.95. The van der Waals surface area contributed by atoms with Crippen LogP contribution < -0.4 is 4.74 Å². The van der Waals surface area contributed by atoms with Crippen molar-refractivity contribution in [2.75, 3.05) is 6.61 Å². The van der Waals surface area contributed by atoms with Gasteiger partial charge in [0.15, 0.2) is 0 Å². The molecule has 1 aromatic carbocycles. The number of hydrogen-bond acceptors (Lipinski definition) is 2. The SMILES string of the molecule is O=CC/C=C\COc1ccccc1. The largest absolute Gasteiger partial charge is 0.490 e. The summed E-state index contributed by atoms with van der Waals surface area (Å²) >= 11 is 0. The maximum absolute atomic E-state index is 9.95. The van der Waals surface area contributed by atoms with E-state index in [0.717, 1.165) is 12.0 Å². The van der Waals surface area contributed by atoms with Crippen molar-refractivity contribution in [3.8, 4) is 5.75 Å². The Labute approximate surface area is 77.8 Å². The van der Waals surface area contributed by atoms with Gasteiger partial charge in [-0.3, -0.25) is 0 Å². The Hall–Kier alpha value is -1.57. The van der Waals surface area contributed by atoms with Gasteiger partial charge in [-0.1, -0.05) is 30.4 Å². The molecule has 0 unspecified atom stereocenters. The molecule has 13 heavy (non-hydrogen) atoms. The quantitative estimate of drug-likeness (QED) is 0.508. The van der Waals surface area contributed by atoms with Crippen molar-refractivity contribution in [1.82, 2.24) is 0 Å².